The van der Waals surface area contributed by atoms with Gasteiger partial charge in [-0.05, 0) is 24.3 Å². The van der Waals surface area contributed by atoms with Crippen molar-refractivity contribution in [2.24, 2.45) is 0 Å². The standard InChI is InChI=1S/C8H12N2O/c1-3-11-4-2-7(1)8-5-9-10-6-8/h5-7H,1-4H2,(H,9,10). The third-order valence-corrected chi connectivity index (χ3v) is 2.21. The molecule has 3 nitrogen and oxygen atoms in total. The van der Waals surface area contributed by atoms with Gasteiger partial charge in [-0.3, -0.25) is 5.10 Å². The van der Waals surface area contributed by atoms with Gasteiger partial charge in [-0.1, -0.05) is 0 Å². The molecular formula is C8H12N2O. The summed E-state index contributed by atoms with van der Waals surface area (Å²) < 4.78 is 5.27. The Bertz CT molecular complexity index is 202. The van der Waals surface area contributed by atoms with Crippen LogP contribution in [0.4, 0.5) is 0 Å². The number of ether oxygens (including phenoxy) is 1. The summed E-state index contributed by atoms with van der Waals surface area (Å²) in [5, 5.41) is 6.77. The van der Waals surface area contributed by atoms with Gasteiger partial charge in [-0.2, -0.15) is 5.10 Å². The second-order valence-electron chi connectivity index (χ2n) is 2.92. The maximum Gasteiger partial charge on any atom is 0.0522 e. The van der Waals surface area contributed by atoms with Crippen LogP contribution in [-0.2, 0) is 4.74 Å². The lowest BCUT2D eigenvalue weighted by atomic mass is 9.94. The van der Waals surface area contributed by atoms with Crippen molar-refractivity contribution in [3.63, 3.8) is 0 Å². The SMILES string of the molecule is c1n[nH]cc1C1CCOCC1. The number of nitrogens with one attached hydrogen (secondary N) is 1. The fourth-order valence-electron chi connectivity index (χ4n) is 1.52. The van der Waals surface area contributed by atoms with E-state index in [9.17, 15) is 0 Å². The van der Waals surface area contributed by atoms with Crippen molar-refractivity contribution < 1.29 is 4.74 Å². The number of aromatic nitrogens is 2. The van der Waals surface area contributed by atoms with E-state index in [1.807, 2.05) is 12.4 Å². The van der Waals surface area contributed by atoms with E-state index >= 15 is 0 Å². The van der Waals surface area contributed by atoms with Crippen LogP contribution < -0.4 is 0 Å². The summed E-state index contributed by atoms with van der Waals surface area (Å²) in [4.78, 5) is 0. The zero-order valence-electron chi connectivity index (χ0n) is 6.42. The summed E-state index contributed by atoms with van der Waals surface area (Å²) in [5.74, 6) is 0.669. The smallest absolute Gasteiger partial charge is 0.0522 e. The van der Waals surface area contributed by atoms with Crippen LogP contribution in [0.3, 0.4) is 0 Å². The topological polar surface area (TPSA) is 37.9 Å². The highest BCUT2D eigenvalue weighted by atomic mass is 16.5. The van der Waals surface area contributed by atoms with E-state index in [0.29, 0.717) is 5.92 Å². The molecule has 0 spiro atoms. The Morgan fingerprint density at radius 1 is 1.45 bits per heavy atom. The third kappa shape index (κ3) is 1.43. The van der Waals surface area contributed by atoms with Crippen LogP contribution in [0, 0.1) is 0 Å². The molecule has 0 radical (unpaired) electrons. The number of hydrogen-bond donors (Lipinski definition) is 1. The summed E-state index contributed by atoms with van der Waals surface area (Å²) in [5.41, 5.74) is 1.33. The molecule has 0 aromatic carbocycles. The minimum atomic E-state index is 0.669. The van der Waals surface area contributed by atoms with E-state index in [2.05, 4.69) is 10.2 Å². The van der Waals surface area contributed by atoms with Crippen molar-refractivity contribution in [3.05, 3.63) is 18.0 Å². The van der Waals surface area contributed by atoms with E-state index in [1.165, 1.54) is 5.56 Å². The predicted octanol–water partition coefficient (Wildman–Crippen LogP) is 1.30. The maximum absolute atomic E-state index is 5.27. The number of aromatic amines is 1. The van der Waals surface area contributed by atoms with Gasteiger partial charge in [0.15, 0.2) is 0 Å². The first-order valence-electron chi connectivity index (χ1n) is 4.03. The second kappa shape index (κ2) is 3.05. The van der Waals surface area contributed by atoms with Gasteiger partial charge in [-0.15, -0.1) is 0 Å². The Kier molecular flexibility index (Phi) is 1.90. The molecule has 1 N–H and O–H groups in total. The Morgan fingerprint density at radius 2 is 2.27 bits per heavy atom. The average Bonchev–Trinajstić information content (AvgIpc) is 2.58. The molecule has 0 aliphatic carbocycles. The summed E-state index contributed by atoms with van der Waals surface area (Å²) >= 11 is 0. The molecule has 3 heteroatoms. The summed E-state index contributed by atoms with van der Waals surface area (Å²) in [7, 11) is 0. The molecule has 0 unspecified atom stereocenters. The average molecular weight is 152 g/mol. The van der Waals surface area contributed by atoms with E-state index in [0.717, 1.165) is 26.1 Å². The summed E-state index contributed by atoms with van der Waals surface area (Å²) in [6.45, 7) is 1.80. The molecule has 2 rings (SSSR count). The van der Waals surface area contributed by atoms with Crippen LogP contribution in [0.15, 0.2) is 12.4 Å². The van der Waals surface area contributed by atoms with Crippen molar-refractivity contribution in [2.75, 3.05) is 13.2 Å². The van der Waals surface area contributed by atoms with E-state index in [4.69, 9.17) is 4.74 Å². The largest absolute Gasteiger partial charge is 0.381 e. The first-order chi connectivity index (χ1) is 5.47. The van der Waals surface area contributed by atoms with Gasteiger partial charge in [0.2, 0.25) is 0 Å². The van der Waals surface area contributed by atoms with Gasteiger partial charge in [-0.25, -0.2) is 0 Å². The number of H-pyrrole nitrogens is 1. The Labute approximate surface area is 65.8 Å². The van der Waals surface area contributed by atoms with Crippen LogP contribution in [0.25, 0.3) is 0 Å². The molecular weight excluding hydrogens is 140 g/mol. The molecule has 1 aliphatic rings. The van der Waals surface area contributed by atoms with Crippen LogP contribution in [0.2, 0.25) is 0 Å². The molecule has 60 valence electrons. The Hall–Kier alpha value is -0.830. The van der Waals surface area contributed by atoms with Crippen LogP contribution in [0.1, 0.15) is 24.3 Å². The molecule has 1 aliphatic heterocycles. The van der Waals surface area contributed by atoms with Crippen LogP contribution >= 0.6 is 0 Å². The molecule has 1 aromatic heterocycles. The lowest BCUT2D eigenvalue weighted by Crippen LogP contribution is -2.13. The predicted molar refractivity (Wildman–Crippen MR) is 41.4 cm³/mol. The Morgan fingerprint density at radius 3 is 2.91 bits per heavy atom. The van der Waals surface area contributed by atoms with Crippen molar-refractivity contribution in [1.29, 1.82) is 0 Å². The van der Waals surface area contributed by atoms with Crippen LogP contribution in [0.5, 0.6) is 0 Å². The lowest BCUT2D eigenvalue weighted by Gasteiger charge is -2.20. The maximum atomic E-state index is 5.27. The monoisotopic (exact) mass is 152 g/mol. The van der Waals surface area contributed by atoms with Crippen molar-refractivity contribution >= 4 is 0 Å². The van der Waals surface area contributed by atoms with E-state index < -0.39 is 0 Å². The molecule has 0 atom stereocenters. The summed E-state index contributed by atoms with van der Waals surface area (Å²) in [6, 6.07) is 0. The molecule has 1 saturated heterocycles. The normalized spacial score (nSPS) is 20.4. The van der Waals surface area contributed by atoms with Gasteiger partial charge in [0.1, 0.15) is 0 Å². The lowest BCUT2D eigenvalue weighted by molar-refractivity contribution is 0.0853. The molecule has 1 fully saturated rings. The minimum Gasteiger partial charge on any atom is -0.381 e. The van der Waals surface area contributed by atoms with Crippen molar-refractivity contribution in [3.8, 4) is 0 Å². The van der Waals surface area contributed by atoms with Gasteiger partial charge in [0.05, 0.1) is 6.20 Å². The number of hydrogen-bond acceptors (Lipinski definition) is 2. The highest BCUT2D eigenvalue weighted by molar-refractivity contribution is 5.10. The molecule has 2 heterocycles. The zero-order chi connectivity index (χ0) is 7.52. The fraction of sp³-hybridized carbons (Fsp3) is 0.625. The molecule has 0 amide bonds. The van der Waals surface area contributed by atoms with Crippen molar-refractivity contribution in [2.45, 2.75) is 18.8 Å². The molecule has 1 aromatic rings. The molecule has 0 saturated carbocycles. The fourth-order valence-corrected chi connectivity index (χ4v) is 1.52. The number of nitrogens with zero attached hydrogens (tertiary/aromatic N) is 1. The minimum absolute atomic E-state index is 0.669. The quantitative estimate of drug-likeness (QED) is 0.658. The third-order valence-electron chi connectivity index (χ3n) is 2.21. The highest BCUT2D eigenvalue weighted by Gasteiger charge is 2.15. The van der Waals surface area contributed by atoms with Gasteiger partial charge in [0, 0.05) is 19.4 Å². The van der Waals surface area contributed by atoms with Gasteiger partial charge in [0.25, 0.3) is 0 Å². The Balaban J connectivity index is 2.04. The molecule has 11 heavy (non-hydrogen) atoms. The second-order valence-corrected chi connectivity index (χ2v) is 2.92. The van der Waals surface area contributed by atoms with Crippen LogP contribution in [-0.4, -0.2) is 23.4 Å². The molecule has 0 bridgehead atoms. The number of rotatable bonds is 1. The van der Waals surface area contributed by atoms with E-state index in [-0.39, 0.29) is 0 Å². The summed E-state index contributed by atoms with van der Waals surface area (Å²) in [6.07, 6.45) is 6.17. The first-order valence-corrected chi connectivity index (χ1v) is 4.03. The highest BCUT2D eigenvalue weighted by Crippen LogP contribution is 2.25. The zero-order valence-corrected chi connectivity index (χ0v) is 6.42. The van der Waals surface area contributed by atoms with E-state index in [1.54, 1.807) is 0 Å². The van der Waals surface area contributed by atoms with Gasteiger partial charge < -0.3 is 4.74 Å². The first kappa shape index (κ1) is 6.85. The van der Waals surface area contributed by atoms with Gasteiger partial charge >= 0.3 is 0 Å². The van der Waals surface area contributed by atoms with Crippen molar-refractivity contribution in [1.82, 2.24) is 10.2 Å².